The van der Waals surface area contributed by atoms with Crippen molar-refractivity contribution in [2.75, 3.05) is 55.3 Å². The second kappa shape index (κ2) is 10.5. The first-order chi connectivity index (χ1) is 20.4. The number of likely N-dealkylation sites (N-methyl/N-ethyl adjacent to an activating group) is 1. The first kappa shape index (κ1) is 26.5. The first-order valence-electron chi connectivity index (χ1n) is 13.9. The zero-order chi connectivity index (χ0) is 29.0. The molecule has 0 aliphatic carbocycles. The summed E-state index contributed by atoms with van der Waals surface area (Å²) in [5.41, 5.74) is 12.3. The molecule has 11 heteroatoms. The molecule has 0 spiro atoms. The Kier molecular flexibility index (Phi) is 6.59. The zero-order valence-corrected chi connectivity index (χ0v) is 24.1. The van der Waals surface area contributed by atoms with E-state index >= 15 is 4.39 Å². The van der Waals surface area contributed by atoms with Crippen LogP contribution in [-0.2, 0) is 6.54 Å². The van der Waals surface area contributed by atoms with Crippen LogP contribution in [0.4, 0.5) is 27.3 Å². The van der Waals surface area contributed by atoms with Crippen LogP contribution in [0, 0.1) is 12.7 Å². The molecule has 7 rings (SSSR count). The SMILES string of the molecule is Cc1cccc(Oc2ccc(-c3c4n(c5ncnc(Cl)c35)CCN4c3cccc(N)c3N3CCN(C)CC3)cc2F)n1. The zero-order valence-electron chi connectivity index (χ0n) is 23.4. The summed E-state index contributed by atoms with van der Waals surface area (Å²) in [7, 11) is 2.13. The van der Waals surface area contributed by atoms with Gasteiger partial charge in [-0.1, -0.05) is 29.8 Å². The summed E-state index contributed by atoms with van der Waals surface area (Å²) in [5, 5.41) is 0.991. The molecule has 5 aromatic rings. The van der Waals surface area contributed by atoms with Crippen LogP contribution in [0.25, 0.3) is 22.2 Å². The number of para-hydroxylation sites is 1. The number of pyridine rings is 1. The quantitative estimate of drug-likeness (QED) is 0.203. The standard InChI is InChI=1S/C31H30ClFN8O/c1-19-5-3-8-25(37-19)42-24-10-9-20(17-21(24)33)26-27-29(32)35-18-36-30(27)41-16-15-40(31(26)41)23-7-4-6-22(34)28(23)39-13-11-38(2)12-14-39/h3-10,17-18H,11-16,34H2,1-2H3. The maximum Gasteiger partial charge on any atom is 0.219 e. The highest BCUT2D eigenvalue weighted by Crippen LogP contribution is 2.50. The topological polar surface area (TPSA) is 88.6 Å². The Morgan fingerprint density at radius 1 is 0.952 bits per heavy atom. The number of anilines is 4. The molecule has 2 aliphatic rings. The Hall–Kier alpha value is -4.41. The third-order valence-electron chi connectivity index (χ3n) is 8.02. The molecule has 0 bridgehead atoms. The van der Waals surface area contributed by atoms with Crippen LogP contribution in [0.5, 0.6) is 11.6 Å². The fourth-order valence-electron chi connectivity index (χ4n) is 6.00. The predicted octanol–water partition coefficient (Wildman–Crippen LogP) is 5.87. The molecule has 0 unspecified atom stereocenters. The van der Waals surface area contributed by atoms with E-state index in [1.165, 1.54) is 12.4 Å². The normalized spacial score (nSPS) is 15.4. The minimum Gasteiger partial charge on any atom is -0.436 e. The van der Waals surface area contributed by atoms with Crippen LogP contribution < -0.4 is 20.3 Å². The van der Waals surface area contributed by atoms with Crippen LogP contribution in [0.15, 0.2) is 60.9 Å². The molecule has 2 N–H and O–H groups in total. The van der Waals surface area contributed by atoms with E-state index in [1.54, 1.807) is 12.1 Å². The molecule has 2 aliphatic heterocycles. The van der Waals surface area contributed by atoms with Gasteiger partial charge in [-0.2, -0.15) is 0 Å². The number of nitrogens with zero attached hydrogens (tertiary/aromatic N) is 7. The van der Waals surface area contributed by atoms with Crippen molar-refractivity contribution in [1.29, 1.82) is 0 Å². The minimum absolute atomic E-state index is 0.0874. The van der Waals surface area contributed by atoms with Gasteiger partial charge in [-0.3, -0.25) is 0 Å². The van der Waals surface area contributed by atoms with Crippen molar-refractivity contribution >= 4 is 45.5 Å². The average molecular weight is 585 g/mol. The summed E-state index contributed by atoms with van der Waals surface area (Å²) in [6.07, 6.45) is 1.47. The third-order valence-corrected chi connectivity index (χ3v) is 8.31. The molecule has 0 radical (unpaired) electrons. The summed E-state index contributed by atoms with van der Waals surface area (Å²) in [6, 6.07) is 16.3. The number of benzene rings is 2. The van der Waals surface area contributed by atoms with Gasteiger partial charge in [0.05, 0.1) is 22.4 Å². The van der Waals surface area contributed by atoms with E-state index in [1.807, 2.05) is 37.3 Å². The smallest absolute Gasteiger partial charge is 0.219 e. The van der Waals surface area contributed by atoms with Crippen molar-refractivity contribution in [3.8, 4) is 22.8 Å². The molecule has 5 heterocycles. The van der Waals surface area contributed by atoms with Gasteiger partial charge >= 0.3 is 0 Å². The monoisotopic (exact) mass is 584 g/mol. The Balaban J connectivity index is 1.36. The number of hydrogen-bond donors (Lipinski definition) is 1. The van der Waals surface area contributed by atoms with Crippen molar-refractivity contribution in [1.82, 2.24) is 24.4 Å². The van der Waals surface area contributed by atoms with E-state index in [4.69, 9.17) is 22.1 Å². The number of rotatable bonds is 5. The van der Waals surface area contributed by atoms with E-state index in [9.17, 15) is 0 Å². The van der Waals surface area contributed by atoms with Crippen LogP contribution in [-0.4, -0.2) is 64.2 Å². The van der Waals surface area contributed by atoms with Crippen LogP contribution in [0.1, 0.15) is 5.69 Å². The Morgan fingerprint density at radius 3 is 2.55 bits per heavy atom. The van der Waals surface area contributed by atoms with Crippen molar-refractivity contribution in [3.05, 3.63) is 77.6 Å². The largest absolute Gasteiger partial charge is 0.436 e. The maximum atomic E-state index is 15.6. The van der Waals surface area contributed by atoms with Crippen LogP contribution in [0.2, 0.25) is 5.15 Å². The van der Waals surface area contributed by atoms with Gasteiger partial charge in [0, 0.05) is 56.6 Å². The van der Waals surface area contributed by atoms with Gasteiger partial charge in [-0.05, 0) is 49.9 Å². The van der Waals surface area contributed by atoms with E-state index in [2.05, 4.69) is 47.3 Å². The Labute approximate surface area is 247 Å². The lowest BCUT2D eigenvalue weighted by Crippen LogP contribution is -2.45. The minimum atomic E-state index is -0.511. The molecule has 3 aromatic heterocycles. The number of fused-ring (bicyclic) bond motifs is 3. The lowest BCUT2D eigenvalue weighted by atomic mass is 10.0. The summed E-state index contributed by atoms with van der Waals surface area (Å²) < 4.78 is 23.5. The lowest BCUT2D eigenvalue weighted by Gasteiger charge is -2.37. The van der Waals surface area contributed by atoms with Gasteiger partial charge in [0.15, 0.2) is 11.6 Å². The Bertz CT molecular complexity index is 1820. The second-order valence-corrected chi connectivity index (χ2v) is 11.1. The second-order valence-electron chi connectivity index (χ2n) is 10.7. The average Bonchev–Trinajstić information content (AvgIpc) is 3.54. The van der Waals surface area contributed by atoms with Gasteiger partial charge in [0.2, 0.25) is 5.88 Å². The number of hydrogen-bond acceptors (Lipinski definition) is 8. The summed E-state index contributed by atoms with van der Waals surface area (Å²) >= 11 is 6.71. The summed E-state index contributed by atoms with van der Waals surface area (Å²) in [6.45, 7) is 6.90. The highest BCUT2D eigenvalue weighted by Gasteiger charge is 2.34. The Morgan fingerprint density at radius 2 is 1.76 bits per heavy atom. The number of piperazine rings is 1. The van der Waals surface area contributed by atoms with E-state index < -0.39 is 5.82 Å². The number of halogens is 2. The maximum absolute atomic E-state index is 15.6. The fourth-order valence-corrected chi connectivity index (χ4v) is 6.22. The highest BCUT2D eigenvalue weighted by atomic mass is 35.5. The van der Waals surface area contributed by atoms with Crippen molar-refractivity contribution in [3.63, 3.8) is 0 Å². The van der Waals surface area contributed by atoms with Gasteiger partial charge in [-0.15, -0.1) is 0 Å². The van der Waals surface area contributed by atoms with Gasteiger partial charge < -0.3 is 29.7 Å². The van der Waals surface area contributed by atoms with Crippen molar-refractivity contribution in [2.45, 2.75) is 13.5 Å². The van der Waals surface area contributed by atoms with Gasteiger partial charge in [0.1, 0.15) is 22.9 Å². The molecule has 2 aromatic carbocycles. The van der Waals surface area contributed by atoms with Crippen LogP contribution in [0.3, 0.4) is 0 Å². The van der Waals surface area contributed by atoms with E-state index in [0.29, 0.717) is 40.7 Å². The van der Waals surface area contributed by atoms with Gasteiger partial charge in [0.25, 0.3) is 0 Å². The predicted molar refractivity (Wildman–Crippen MR) is 165 cm³/mol. The van der Waals surface area contributed by atoms with E-state index in [0.717, 1.165) is 60.3 Å². The summed E-state index contributed by atoms with van der Waals surface area (Å²) in [4.78, 5) is 20.1. The molecule has 42 heavy (non-hydrogen) atoms. The molecule has 1 fully saturated rings. The van der Waals surface area contributed by atoms with Crippen molar-refractivity contribution in [2.24, 2.45) is 0 Å². The number of aromatic nitrogens is 4. The van der Waals surface area contributed by atoms with Crippen LogP contribution >= 0.6 is 11.6 Å². The highest BCUT2D eigenvalue weighted by molar-refractivity contribution is 6.35. The third kappa shape index (κ3) is 4.47. The first-order valence-corrected chi connectivity index (χ1v) is 14.3. The molecular formula is C31H30ClFN8O. The summed E-state index contributed by atoms with van der Waals surface area (Å²) in [5.74, 6) is 0.785. The van der Waals surface area contributed by atoms with Gasteiger partial charge in [-0.25, -0.2) is 19.3 Å². The lowest BCUT2D eigenvalue weighted by molar-refractivity contribution is 0.313. The number of aryl methyl sites for hydroxylation is 1. The molecular weight excluding hydrogens is 555 g/mol. The van der Waals surface area contributed by atoms with E-state index in [-0.39, 0.29) is 5.75 Å². The number of nitrogens with two attached hydrogens (primary N) is 1. The molecule has 0 amide bonds. The number of ether oxygens (including phenoxy) is 1. The molecule has 1 saturated heterocycles. The van der Waals surface area contributed by atoms with Crippen molar-refractivity contribution < 1.29 is 9.13 Å². The fraction of sp³-hybridized carbons (Fsp3) is 0.258. The molecule has 0 atom stereocenters. The molecule has 214 valence electrons. The molecule has 9 nitrogen and oxygen atoms in total. The molecule has 0 saturated carbocycles. The number of nitrogen functional groups attached to an aromatic ring is 1.